The summed E-state index contributed by atoms with van der Waals surface area (Å²) in [7, 11) is 0. The Morgan fingerprint density at radius 3 is 2.70 bits per heavy atom. The molecule has 0 atom stereocenters. The summed E-state index contributed by atoms with van der Waals surface area (Å²) in [5.74, 6) is 0.846. The van der Waals surface area contributed by atoms with E-state index in [0.717, 1.165) is 17.0 Å². The van der Waals surface area contributed by atoms with Gasteiger partial charge in [0, 0.05) is 6.54 Å². The van der Waals surface area contributed by atoms with Gasteiger partial charge in [-0.1, -0.05) is 24.3 Å². The van der Waals surface area contributed by atoms with Crippen LogP contribution in [0.3, 0.4) is 0 Å². The van der Waals surface area contributed by atoms with Gasteiger partial charge in [0.25, 0.3) is 0 Å². The third-order valence-electron chi connectivity index (χ3n) is 2.79. The Kier molecular flexibility index (Phi) is 4.62. The molecule has 0 aliphatic rings. The highest BCUT2D eigenvalue weighted by molar-refractivity contribution is 5.56. The van der Waals surface area contributed by atoms with Crippen molar-refractivity contribution < 1.29 is 4.74 Å². The van der Waals surface area contributed by atoms with Crippen molar-refractivity contribution in [2.24, 2.45) is 0 Å². The number of hydrogen-bond donors (Lipinski definition) is 1. The lowest BCUT2D eigenvalue weighted by Crippen LogP contribution is -2.08. The monoisotopic (exact) mass is 266 g/mol. The molecule has 0 unspecified atom stereocenters. The summed E-state index contributed by atoms with van der Waals surface area (Å²) in [6.45, 7) is 4.67. The van der Waals surface area contributed by atoms with Crippen molar-refractivity contribution in [3.8, 4) is 11.8 Å². The molecule has 0 bridgehead atoms. The molecule has 0 amide bonds. The van der Waals surface area contributed by atoms with E-state index in [4.69, 9.17) is 10.00 Å². The van der Waals surface area contributed by atoms with E-state index in [9.17, 15) is 0 Å². The van der Waals surface area contributed by atoms with Crippen LogP contribution < -0.4 is 10.1 Å². The van der Waals surface area contributed by atoms with Crippen molar-refractivity contribution in [2.75, 3.05) is 5.32 Å². The predicted octanol–water partition coefficient (Wildman–Crippen LogP) is 3.96. The maximum atomic E-state index is 8.90. The number of hydrogen-bond acceptors (Lipinski definition) is 3. The zero-order valence-corrected chi connectivity index (χ0v) is 11.8. The summed E-state index contributed by atoms with van der Waals surface area (Å²) in [4.78, 5) is 0. The fourth-order valence-electron chi connectivity index (χ4n) is 1.92. The number of anilines is 1. The Bertz CT molecular complexity index is 614. The van der Waals surface area contributed by atoms with E-state index in [-0.39, 0.29) is 6.10 Å². The van der Waals surface area contributed by atoms with Gasteiger partial charge in [0.2, 0.25) is 0 Å². The number of nitrogens with zero attached hydrogens (tertiary/aromatic N) is 1. The molecular weight excluding hydrogens is 248 g/mol. The van der Waals surface area contributed by atoms with Crippen LogP contribution in [0, 0.1) is 11.3 Å². The van der Waals surface area contributed by atoms with E-state index in [1.54, 1.807) is 6.07 Å². The number of benzene rings is 2. The molecule has 0 radical (unpaired) electrons. The maximum absolute atomic E-state index is 8.90. The lowest BCUT2D eigenvalue weighted by Gasteiger charge is -2.15. The second-order valence-corrected chi connectivity index (χ2v) is 4.83. The molecule has 0 spiro atoms. The van der Waals surface area contributed by atoms with Gasteiger partial charge in [0.15, 0.2) is 0 Å². The van der Waals surface area contributed by atoms with Crippen LogP contribution in [0.4, 0.5) is 5.69 Å². The van der Waals surface area contributed by atoms with Crippen molar-refractivity contribution in [1.29, 1.82) is 5.26 Å². The van der Waals surface area contributed by atoms with E-state index >= 15 is 0 Å². The van der Waals surface area contributed by atoms with Crippen LogP contribution in [0.15, 0.2) is 48.5 Å². The molecule has 3 nitrogen and oxygen atoms in total. The number of nitriles is 1. The minimum absolute atomic E-state index is 0.139. The lowest BCUT2D eigenvalue weighted by molar-refractivity contribution is 0.243. The van der Waals surface area contributed by atoms with Crippen LogP contribution in [-0.2, 0) is 6.54 Å². The van der Waals surface area contributed by atoms with Gasteiger partial charge < -0.3 is 10.1 Å². The first kappa shape index (κ1) is 14.0. The van der Waals surface area contributed by atoms with Crippen LogP contribution >= 0.6 is 0 Å². The zero-order chi connectivity index (χ0) is 14.4. The second-order valence-electron chi connectivity index (χ2n) is 4.83. The fourth-order valence-corrected chi connectivity index (χ4v) is 1.92. The molecule has 0 saturated carbocycles. The summed E-state index contributed by atoms with van der Waals surface area (Å²) in [5.41, 5.74) is 2.71. The number of nitrogens with one attached hydrogen (secondary N) is 1. The minimum atomic E-state index is 0.139. The molecule has 2 rings (SSSR count). The van der Waals surface area contributed by atoms with Crippen molar-refractivity contribution >= 4 is 5.69 Å². The van der Waals surface area contributed by atoms with E-state index in [2.05, 4.69) is 11.4 Å². The van der Waals surface area contributed by atoms with Gasteiger partial charge in [-0.05, 0) is 43.7 Å². The van der Waals surface area contributed by atoms with Crippen LogP contribution in [0.2, 0.25) is 0 Å². The molecule has 2 aromatic rings. The van der Waals surface area contributed by atoms with Gasteiger partial charge in [0.1, 0.15) is 5.75 Å². The third-order valence-corrected chi connectivity index (χ3v) is 2.79. The van der Waals surface area contributed by atoms with Crippen LogP contribution in [0.25, 0.3) is 0 Å². The molecule has 0 aliphatic heterocycles. The highest BCUT2D eigenvalue weighted by Crippen LogP contribution is 2.25. The highest BCUT2D eigenvalue weighted by atomic mass is 16.5. The smallest absolute Gasteiger partial charge is 0.142 e. The van der Waals surface area contributed by atoms with Crippen molar-refractivity contribution in [3.63, 3.8) is 0 Å². The van der Waals surface area contributed by atoms with E-state index in [0.29, 0.717) is 12.1 Å². The first-order chi connectivity index (χ1) is 9.69. The SMILES string of the molecule is CC(C)Oc1ccccc1NCc1cccc(C#N)c1. The van der Waals surface area contributed by atoms with Crippen molar-refractivity contribution in [2.45, 2.75) is 26.5 Å². The molecule has 102 valence electrons. The molecule has 20 heavy (non-hydrogen) atoms. The average Bonchev–Trinajstić information content (AvgIpc) is 2.46. The molecule has 0 aromatic heterocycles. The third kappa shape index (κ3) is 3.76. The molecule has 1 N–H and O–H groups in total. The number of ether oxygens (including phenoxy) is 1. The molecule has 0 fully saturated rings. The van der Waals surface area contributed by atoms with Crippen LogP contribution in [-0.4, -0.2) is 6.10 Å². The maximum Gasteiger partial charge on any atom is 0.142 e. The van der Waals surface area contributed by atoms with Gasteiger partial charge in [-0.2, -0.15) is 5.26 Å². The van der Waals surface area contributed by atoms with E-state index in [1.807, 2.05) is 56.3 Å². The summed E-state index contributed by atoms with van der Waals surface area (Å²) >= 11 is 0. The van der Waals surface area contributed by atoms with Gasteiger partial charge in [-0.25, -0.2) is 0 Å². The summed E-state index contributed by atoms with van der Waals surface area (Å²) in [5, 5.41) is 12.3. The minimum Gasteiger partial charge on any atom is -0.489 e. The quantitative estimate of drug-likeness (QED) is 0.891. The van der Waals surface area contributed by atoms with Crippen LogP contribution in [0.5, 0.6) is 5.75 Å². The standard InChI is InChI=1S/C17H18N2O/c1-13(2)20-17-9-4-3-8-16(17)19-12-15-7-5-6-14(10-15)11-18/h3-10,13,19H,12H2,1-2H3. The predicted molar refractivity (Wildman–Crippen MR) is 80.7 cm³/mol. The first-order valence-corrected chi connectivity index (χ1v) is 6.67. The fraction of sp³-hybridized carbons (Fsp3) is 0.235. The Balaban J connectivity index is 2.09. The van der Waals surface area contributed by atoms with Gasteiger partial charge in [0.05, 0.1) is 23.4 Å². The Labute approximate surface area is 119 Å². The van der Waals surface area contributed by atoms with E-state index in [1.165, 1.54) is 0 Å². The zero-order valence-electron chi connectivity index (χ0n) is 11.8. The topological polar surface area (TPSA) is 45.0 Å². The highest BCUT2D eigenvalue weighted by Gasteiger charge is 2.04. The molecule has 3 heteroatoms. The molecular formula is C17H18N2O. The Morgan fingerprint density at radius 1 is 1.15 bits per heavy atom. The molecule has 0 heterocycles. The second kappa shape index (κ2) is 6.63. The first-order valence-electron chi connectivity index (χ1n) is 6.67. The summed E-state index contributed by atoms with van der Waals surface area (Å²) < 4.78 is 5.76. The molecule has 0 aliphatic carbocycles. The molecule has 2 aromatic carbocycles. The van der Waals surface area contributed by atoms with Crippen molar-refractivity contribution in [3.05, 3.63) is 59.7 Å². The van der Waals surface area contributed by atoms with Gasteiger partial charge in [-0.15, -0.1) is 0 Å². The Hall–Kier alpha value is -2.47. The lowest BCUT2D eigenvalue weighted by atomic mass is 10.1. The normalized spacial score (nSPS) is 10.1. The average molecular weight is 266 g/mol. The van der Waals surface area contributed by atoms with Gasteiger partial charge >= 0.3 is 0 Å². The van der Waals surface area contributed by atoms with E-state index < -0.39 is 0 Å². The molecule has 0 saturated heterocycles. The largest absolute Gasteiger partial charge is 0.489 e. The number of rotatable bonds is 5. The van der Waals surface area contributed by atoms with Crippen molar-refractivity contribution in [1.82, 2.24) is 0 Å². The Morgan fingerprint density at radius 2 is 1.95 bits per heavy atom. The van der Waals surface area contributed by atoms with Gasteiger partial charge in [-0.3, -0.25) is 0 Å². The number of para-hydroxylation sites is 2. The summed E-state index contributed by atoms with van der Waals surface area (Å²) in [6, 6.07) is 17.6. The van der Waals surface area contributed by atoms with Crippen LogP contribution in [0.1, 0.15) is 25.0 Å². The summed E-state index contributed by atoms with van der Waals surface area (Å²) in [6.07, 6.45) is 0.139.